The summed E-state index contributed by atoms with van der Waals surface area (Å²) in [5, 5.41) is 3.92. The molecular weight excluding hydrogens is 511 g/mol. The highest BCUT2D eigenvalue weighted by molar-refractivity contribution is 7.99. The number of carbonyl (C=O) groups excluding carboxylic acids is 2. The minimum absolute atomic E-state index is 0.240. The van der Waals surface area contributed by atoms with E-state index in [0.29, 0.717) is 27.7 Å². The molecule has 1 aliphatic heterocycles. The predicted octanol–water partition coefficient (Wildman–Crippen LogP) is 7.35. The van der Waals surface area contributed by atoms with Gasteiger partial charge >= 0.3 is 0 Å². The number of hydrogen-bond donors (Lipinski definition) is 1. The maximum absolute atomic E-state index is 13.9. The van der Waals surface area contributed by atoms with Crippen molar-refractivity contribution in [2.45, 2.75) is 28.8 Å². The number of anilines is 1. The average Bonchev–Trinajstić information content (AvgIpc) is 2.97. The molecule has 0 saturated carbocycles. The summed E-state index contributed by atoms with van der Waals surface area (Å²) in [4.78, 5) is 31.1. The lowest BCUT2D eigenvalue weighted by molar-refractivity contribution is -0.120. The normalized spacial score (nSPS) is 15.3. The Morgan fingerprint density at radius 2 is 1.53 bits per heavy atom. The van der Waals surface area contributed by atoms with E-state index >= 15 is 0 Å². The van der Waals surface area contributed by atoms with Crippen molar-refractivity contribution in [2.75, 3.05) is 5.32 Å². The molecule has 0 aromatic heterocycles. The van der Waals surface area contributed by atoms with Crippen LogP contribution in [0.1, 0.15) is 21.5 Å². The van der Waals surface area contributed by atoms with Gasteiger partial charge in [-0.2, -0.15) is 0 Å². The Hall–Kier alpha value is -3.25. The average molecular weight is 533 g/mol. The van der Waals surface area contributed by atoms with Gasteiger partial charge in [-0.15, -0.1) is 0 Å². The highest BCUT2D eigenvalue weighted by Gasteiger charge is 2.36. The Bertz CT molecular complexity index is 1410. The number of rotatable bonds is 6. The van der Waals surface area contributed by atoms with Gasteiger partial charge < -0.3 is 10.2 Å². The van der Waals surface area contributed by atoms with Crippen molar-refractivity contribution in [3.63, 3.8) is 0 Å². The summed E-state index contributed by atoms with van der Waals surface area (Å²) in [7, 11) is 0. The lowest BCUT2D eigenvalue weighted by atomic mass is 10.0. The molecule has 0 unspecified atom stereocenters. The first-order valence-corrected chi connectivity index (χ1v) is 13.0. The standard InChI is InChI=1S/C29H22Cl2N2O2S/c30-21-13-15-22(16-14-21)36-26-12-5-4-9-20(26)18-33-25(17-19-7-2-1-3-8-19)28(34)32-24-11-6-10-23(31)27(24)29(33)35/h1-16,25H,17-18H2,(H,32,34)/t25-/m1/s1. The zero-order chi connectivity index (χ0) is 25.1. The van der Waals surface area contributed by atoms with Gasteiger partial charge in [0.05, 0.1) is 16.3 Å². The SMILES string of the molecule is O=C1Nc2cccc(Cl)c2C(=O)N(Cc2ccccc2Sc2ccc(Cl)cc2)[C@@H]1Cc1ccccc1. The molecule has 4 nitrogen and oxygen atoms in total. The fourth-order valence-corrected chi connectivity index (χ4v) is 5.58. The van der Waals surface area contributed by atoms with Gasteiger partial charge in [-0.25, -0.2) is 0 Å². The van der Waals surface area contributed by atoms with Crippen LogP contribution >= 0.6 is 35.0 Å². The molecule has 180 valence electrons. The number of benzene rings is 4. The van der Waals surface area contributed by atoms with E-state index in [-0.39, 0.29) is 18.4 Å². The molecule has 4 aromatic carbocycles. The highest BCUT2D eigenvalue weighted by atomic mass is 35.5. The van der Waals surface area contributed by atoms with Crippen molar-refractivity contribution in [2.24, 2.45) is 0 Å². The Kier molecular flexibility index (Phi) is 7.33. The lowest BCUT2D eigenvalue weighted by Gasteiger charge is -2.30. The van der Waals surface area contributed by atoms with Crippen LogP contribution in [0.25, 0.3) is 0 Å². The molecule has 0 fully saturated rings. The van der Waals surface area contributed by atoms with Crippen molar-refractivity contribution < 1.29 is 9.59 Å². The fourth-order valence-electron chi connectivity index (χ4n) is 4.26. The molecule has 5 rings (SSSR count). The van der Waals surface area contributed by atoms with Crippen molar-refractivity contribution >= 4 is 52.5 Å². The van der Waals surface area contributed by atoms with E-state index in [1.54, 1.807) is 34.9 Å². The summed E-state index contributed by atoms with van der Waals surface area (Å²) < 4.78 is 0. The fraction of sp³-hybridized carbons (Fsp3) is 0.103. The number of halogens is 2. The molecule has 1 N–H and O–H groups in total. The Morgan fingerprint density at radius 3 is 2.31 bits per heavy atom. The van der Waals surface area contributed by atoms with Crippen LogP contribution in [0.2, 0.25) is 10.0 Å². The van der Waals surface area contributed by atoms with Crippen molar-refractivity contribution in [1.82, 2.24) is 4.90 Å². The molecule has 1 aliphatic rings. The van der Waals surface area contributed by atoms with Crippen LogP contribution in [0.4, 0.5) is 5.69 Å². The van der Waals surface area contributed by atoms with Crippen molar-refractivity contribution in [1.29, 1.82) is 0 Å². The summed E-state index contributed by atoms with van der Waals surface area (Å²) in [6.45, 7) is 0.255. The van der Waals surface area contributed by atoms with Crippen LogP contribution in [0.3, 0.4) is 0 Å². The second-order valence-corrected chi connectivity index (χ2v) is 10.4. The van der Waals surface area contributed by atoms with Crippen LogP contribution in [-0.2, 0) is 17.8 Å². The van der Waals surface area contributed by atoms with E-state index in [0.717, 1.165) is 20.9 Å². The molecule has 0 aliphatic carbocycles. The van der Waals surface area contributed by atoms with Crippen LogP contribution < -0.4 is 5.32 Å². The summed E-state index contributed by atoms with van der Waals surface area (Å²) in [6, 6.07) is 29.7. The number of fused-ring (bicyclic) bond motifs is 1. The van der Waals surface area contributed by atoms with Gasteiger partial charge in [0.1, 0.15) is 6.04 Å². The van der Waals surface area contributed by atoms with E-state index in [2.05, 4.69) is 5.32 Å². The Balaban J connectivity index is 1.54. The molecule has 0 saturated heterocycles. The van der Waals surface area contributed by atoms with Gasteiger partial charge in [0.15, 0.2) is 0 Å². The molecule has 0 spiro atoms. The summed E-state index contributed by atoms with van der Waals surface area (Å²) in [5.74, 6) is -0.516. The number of carbonyl (C=O) groups is 2. The zero-order valence-electron chi connectivity index (χ0n) is 19.2. The minimum Gasteiger partial charge on any atom is -0.323 e. The molecule has 0 radical (unpaired) electrons. The van der Waals surface area contributed by atoms with E-state index in [1.165, 1.54) is 0 Å². The molecule has 1 atom stereocenters. The third-order valence-corrected chi connectivity index (χ3v) is 7.74. The number of nitrogens with zero attached hydrogens (tertiary/aromatic N) is 1. The third-order valence-electron chi connectivity index (χ3n) is 6.05. The van der Waals surface area contributed by atoms with Crippen LogP contribution in [0.5, 0.6) is 0 Å². The first-order valence-electron chi connectivity index (χ1n) is 11.4. The van der Waals surface area contributed by atoms with Gasteiger partial charge in [0, 0.05) is 27.8 Å². The van der Waals surface area contributed by atoms with Gasteiger partial charge in [0.25, 0.3) is 5.91 Å². The van der Waals surface area contributed by atoms with Crippen LogP contribution in [0, 0.1) is 0 Å². The molecule has 4 aromatic rings. The van der Waals surface area contributed by atoms with Gasteiger partial charge in [-0.1, -0.05) is 89.6 Å². The van der Waals surface area contributed by atoms with Gasteiger partial charge in [0.2, 0.25) is 5.91 Å². The van der Waals surface area contributed by atoms with Crippen LogP contribution in [0.15, 0.2) is 107 Å². The van der Waals surface area contributed by atoms with Crippen LogP contribution in [-0.4, -0.2) is 22.8 Å². The Morgan fingerprint density at radius 1 is 0.806 bits per heavy atom. The van der Waals surface area contributed by atoms with E-state index in [4.69, 9.17) is 23.2 Å². The molecule has 2 amide bonds. The first-order chi connectivity index (χ1) is 17.5. The number of hydrogen-bond acceptors (Lipinski definition) is 3. The monoisotopic (exact) mass is 532 g/mol. The molecule has 7 heteroatoms. The Labute approximate surface area is 224 Å². The number of nitrogens with one attached hydrogen (secondary N) is 1. The molecule has 0 bridgehead atoms. The van der Waals surface area contributed by atoms with Crippen molar-refractivity contribution in [3.8, 4) is 0 Å². The van der Waals surface area contributed by atoms with Gasteiger partial charge in [-0.3, -0.25) is 9.59 Å². The molecule has 36 heavy (non-hydrogen) atoms. The highest BCUT2D eigenvalue weighted by Crippen LogP contribution is 2.35. The second-order valence-electron chi connectivity index (χ2n) is 8.45. The molecular formula is C29H22Cl2N2O2S. The van der Waals surface area contributed by atoms with Crippen molar-refractivity contribution in [3.05, 3.63) is 124 Å². The van der Waals surface area contributed by atoms with E-state index in [1.807, 2.05) is 78.9 Å². The molecule has 1 heterocycles. The maximum atomic E-state index is 13.9. The summed E-state index contributed by atoms with van der Waals surface area (Å²) >= 11 is 14.1. The lowest BCUT2D eigenvalue weighted by Crippen LogP contribution is -2.46. The van der Waals surface area contributed by atoms with E-state index in [9.17, 15) is 9.59 Å². The minimum atomic E-state index is -0.711. The zero-order valence-corrected chi connectivity index (χ0v) is 21.5. The topological polar surface area (TPSA) is 49.4 Å². The smallest absolute Gasteiger partial charge is 0.258 e. The second kappa shape index (κ2) is 10.8. The quantitative estimate of drug-likeness (QED) is 0.282. The summed E-state index contributed by atoms with van der Waals surface area (Å²) in [6.07, 6.45) is 0.385. The number of amides is 2. The third kappa shape index (κ3) is 5.29. The largest absolute Gasteiger partial charge is 0.323 e. The van der Waals surface area contributed by atoms with Gasteiger partial charge in [-0.05, 0) is 53.6 Å². The van der Waals surface area contributed by atoms with E-state index < -0.39 is 6.04 Å². The predicted molar refractivity (Wildman–Crippen MR) is 146 cm³/mol. The summed E-state index contributed by atoms with van der Waals surface area (Å²) in [5.41, 5.74) is 2.65. The first kappa shape index (κ1) is 24.4. The maximum Gasteiger partial charge on any atom is 0.258 e.